The van der Waals surface area contributed by atoms with E-state index in [0.717, 1.165) is 16.9 Å². The zero-order valence-electron chi connectivity index (χ0n) is 17.2. The number of hydrogen-bond donors (Lipinski definition) is 0. The van der Waals surface area contributed by atoms with E-state index in [1.54, 1.807) is 11.0 Å². The second-order valence-corrected chi connectivity index (χ2v) is 8.97. The van der Waals surface area contributed by atoms with Gasteiger partial charge in [-0.2, -0.15) is 0 Å². The third kappa shape index (κ3) is 4.78. The van der Waals surface area contributed by atoms with Gasteiger partial charge in [0.1, 0.15) is 5.70 Å². The summed E-state index contributed by atoms with van der Waals surface area (Å²) in [6.07, 6.45) is 1.78. The maximum absolute atomic E-state index is 13.2. The smallest absolute Gasteiger partial charge is 0.283 e. The highest BCUT2D eigenvalue weighted by Gasteiger charge is 2.32. The normalized spacial score (nSPS) is 14.8. The van der Waals surface area contributed by atoms with Crippen molar-refractivity contribution < 1.29 is 9.59 Å². The zero-order chi connectivity index (χ0) is 21.8. The summed E-state index contributed by atoms with van der Waals surface area (Å²) in [6, 6.07) is 21.0. The molecule has 0 N–H and O–H groups in total. The summed E-state index contributed by atoms with van der Waals surface area (Å²) in [5.74, 6) is 0.0506. The second kappa shape index (κ2) is 9.32. The molecule has 5 nitrogen and oxygen atoms in total. The van der Waals surface area contributed by atoms with E-state index < -0.39 is 0 Å². The monoisotopic (exact) mass is 447 g/mol. The number of ketones is 1. The number of para-hydroxylation sites is 1. The average Bonchev–Trinajstić information content (AvgIpc) is 3.42. The van der Waals surface area contributed by atoms with Crippen LogP contribution in [0.15, 0.2) is 82.8 Å². The minimum absolute atomic E-state index is 0.0277. The number of aliphatic imine (C=N–C) groups is 1. The zero-order valence-corrected chi connectivity index (χ0v) is 18.8. The van der Waals surface area contributed by atoms with Crippen molar-refractivity contribution >= 4 is 57.4 Å². The van der Waals surface area contributed by atoms with E-state index >= 15 is 0 Å². The first-order valence-corrected chi connectivity index (χ1v) is 11.6. The van der Waals surface area contributed by atoms with Crippen molar-refractivity contribution in [1.29, 1.82) is 0 Å². The Kier molecular flexibility index (Phi) is 6.34. The van der Waals surface area contributed by atoms with Crippen LogP contribution in [0.3, 0.4) is 0 Å². The van der Waals surface area contributed by atoms with Gasteiger partial charge in [0.25, 0.3) is 5.91 Å². The van der Waals surface area contributed by atoms with Crippen LogP contribution in [0, 0.1) is 0 Å². The van der Waals surface area contributed by atoms with Gasteiger partial charge >= 0.3 is 0 Å². The van der Waals surface area contributed by atoms with Crippen molar-refractivity contribution in [2.24, 2.45) is 4.99 Å². The molecule has 1 aromatic heterocycles. The van der Waals surface area contributed by atoms with Crippen LogP contribution in [0.1, 0.15) is 15.2 Å². The molecule has 0 saturated carbocycles. The molecule has 1 amide bonds. The van der Waals surface area contributed by atoms with Crippen LogP contribution in [0.25, 0.3) is 6.08 Å². The van der Waals surface area contributed by atoms with Gasteiger partial charge in [-0.1, -0.05) is 48.2 Å². The Balaban J connectivity index is 1.61. The highest BCUT2D eigenvalue weighted by molar-refractivity contribution is 8.14. The molecule has 1 aliphatic heterocycles. The Morgan fingerprint density at radius 3 is 2.45 bits per heavy atom. The molecule has 1 aliphatic rings. The fourth-order valence-electron chi connectivity index (χ4n) is 3.06. The summed E-state index contributed by atoms with van der Waals surface area (Å²) in [6.45, 7) is 0. The van der Waals surface area contributed by atoms with E-state index in [4.69, 9.17) is 0 Å². The third-order valence-electron chi connectivity index (χ3n) is 4.69. The molecule has 4 rings (SSSR count). The van der Waals surface area contributed by atoms with Gasteiger partial charge in [0.2, 0.25) is 0 Å². The summed E-state index contributed by atoms with van der Waals surface area (Å²) in [5.41, 5.74) is 3.06. The van der Waals surface area contributed by atoms with Crippen molar-refractivity contribution in [3.63, 3.8) is 0 Å². The van der Waals surface area contributed by atoms with Gasteiger partial charge in [-0.15, -0.1) is 11.3 Å². The molecule has 0 saturated heterocycles. The van der Waals surface area contributed by atoms with Crippen LogP contribution in [0.4, 0.5) is 11.4 Å². The summed E-state index contributed by atoms with van der Waals surface area (Å²) in [4.78, 5) is 34.6. The number of nitrogens with zero attached hydrogens (tertiary/aromatic N) is 3. The lowest BCUT2D eigenvalue weighted by molar-refractivity contribution is -0.113. The number of thiophene rings is 1. The van der Waals surface area contributed by atoms with Gasteiger partial charge in [0.15, 0.2) is 11.0 Å². The summed E-state index contributed by atoms with van der Waals surface area (Å²) < 4.78 is 0. The molecule has 0 bridgehead atoms. The lowest BCUT2D eigenvalue weighted by Gasteiger charge is -2.17. The van der Waals surface area contributed by atoms with E-state index in [2.05, 4.69) is 4.99 Å². The van der Waals surface area contributed by atoms with Gasteiger partial charge < -0.3 is 4.90 Å². The molecular formula is C24H21N3O2S2. The van der Waals surface area contributed by atoms with Crippen LogP contribution >= 0.6 is 23.1 Å². The lowest BCUT2D eigenvalue weighted by atomic mass is 10.1. The molecule has 0 unspecified atom stereocenters. The molecule has 2 heterocycles. The highest BCUT2D eigenvalue weighted by Crippen LogP contribution is 2.30. The molecule has 0 spiro atoms. The number of rotatable bonds is 6. The third-order valence-corrected chi connectivity index (χ3v) is 6.53. The second-order valence-electron chi connectivity index (χ2n) is 7.08. The fraction of sp³-hybridized carbons (Fsp3) is 0.125. The molecule has 0 aliphatic carbocycles. The minimum Gasteiger partial charge on any atom is -0.378 e. The average molecular weight is 448 g/mol. The van der Waals surface area contributed by atoms with E-state index in [0.29, 0.717) is 15.7 Å². The Morgan fingerprint density at radius 2 is 1.81 bits per heavy atom. The van der Waals surface area contributed by atoms with Crippen molar-refractivity contribution in [3.8, 4) is 0 Å². The minimum atomic E-state index is -0.200. The largest absolute Gasteiger partial charge is 0.378 e. The first-order valence-electron chi connectivity index (χ1n) is 9.70. The predicted molar refractivity (Wildman–Crippen MR) is 131 cm³/mol. The van der Waals surface area contributed by atoms with Crippen molar-refractivity contribution in [3.05, 3.63) is 88.2 Å². The van der Waals surface area contributed by atoms with E-state index in [-0.39, 0.29) is 17.4 Å². The van der Waals surface area contributed by atoms with Gasteiger partial charge in [-0.25, -0.2) is 4.99 Å². The molecule has 0 fully saturated rings. The summed E-state index contributed by atoms with van der Waals surface area (Å²) >= 11 is 2.70. The standard InChI is InChI=1S/C24H21N3O2S2/c1-26(2)18-12-10-17(11-13-18)15-20-23(29)27(19-7-4-3-5-8-19)24(25-20)31-16-21(28)22-9-6-14-30-22/h3-15H,16H2,1-2H3/b20-15+. The van der Waals surface area contributed by atoms with Crippen molar-refractivity contribution in [2.75, 3.05) is 29.6 Å². The maximum atomic E-state index is 13.2. The Hall–Kier alpha value is -3.16. The first kappa shape index (κ1) is 21.1. The van der Waals surface area contributed by atoms with Crippen molar-refractivity contribution in [1.82, 2.24) is 0 Å². The maximum Gasteiger partial charge on any atom is 0.283 e. The van der Waals surface area contributed by atoms with E-state index in [1.165, 1.54) is 23.1 Å². The molecule has 2 aromatic carbocycles. The number of anilines is 2. The molecule has 0 atom stereocenters. The number of amidine groups is 1. The van der Waals surface area contributed by atoms with Crippen molar-refractivity contribution in [2.45, 2.75) is 0 Å². The number of amides is 1. The number of hydrogen-bond acceptors (Lipinski definition) is 6. The SMILES string of the molecule is CN(C)c1ccc(/C=C2/N=C(SCC(=O)c3cccs3)N(c3ccccc3)C2=O)cc1. The number of carbonyl (C=O) groups is 2. The van der Waals surface area contributed by atoms with Gasteiger partial charge in [-0.05, 0) is 47.4 Å². The summed E-state index contributed by atoms with van der Waals surface area (Å²) in [5, 5.41) is 2.39. The number of Topliss-reactive ketones (excluding diaryl/α,β-unsaturated/α-hetero) is 1. The molecule has 0 radical (unpaired) electrons. The molecule has 31 heavy (non-hydrogen) atoms. The topological polar surface area (TPSA) is 53.0 Å². The lowest BCUT2D eigenvalue weighted by Crippen LogP contribution is -2.30. The quantitative estimate of drug-likeness (QED) is 0.386. The fourth-order valence-corrected chi connectivity index (χ4v) is 4.71. The number of carbonyl (C=O) groups excluding carboxylic acids is 2. The first-order chi connectivity index (χ1) is 15.0. The van der Waals surface area contributed by atoms with Crippen LogP contribution in [0.5, 0.6) is 0 Å². The molecule has 7 heteroatoms. The van der Waals surface area contributed by atoms with Gasteiger partial charge in [0, 0.05) is 19.8 Å². The Bertz CT molecular complexity index is 1140. The number of benzene rings is 2. The predicted octanol–water partition coefficient (Wildman–Crippen LogP) is 5.17. The summed E-state index contributed by atoms with van der Waals surface area (Å²) in [7, 11) is 3.97. The van der Waals surface area contributed by atoms with E-state index in [9.17, 15) is 9.59 Å². The van der Waals surface area contributed by atoms with Gasteiger partial charge in [-0.3, -0.25) is 14.5 Å². The van der Waals surface area contributed by atoms with Crippen LogP contribution in [-0.2, 0) is 4.79 Å². The van der Waals surface area contributed by atoms with Crippen LogP contribution < -0.4 is 9.80 Å². The number of thioether (sulfide) groups is 1. The van der Waals surface area contributed by atoms with Crippen LogP contribution in [-0.4, -0.2) is 36.7 Å². The molecule has 3 aromatic rings. The van der Waals surface area contributed by atoms with E-state index in [1.807, 2.05) is 91.1 Å². The van der Waals surface area contributed by atoms with Gasteiger partial charge in [0.05, 0.1) is 16.3 Å². The van der Waals surface area contributed by atoms with Crippen LogP contribution in [0.2, 0.25) is 0 Å². The highest BCUT2D eigenvalue weighted by atomic mass is 32.2. The molecular weight excluding hydrogens is 426 g/mol. The Morgan fingerprint density at radius 1 is 1.06 bits per heavy atom. The Labute approximate surface area is 189 Å². The molecule has 156 valence electrons.